The zero-order valence-electron chi connectivity index (χ0n) is 15.6. The number of carbonyl (C=O) groups excluding carboxylic acids is 2. The Hall–Kier alpha value is -4.19. The van der Waals surface area contributed by atoms with E-state index in [1.807, 2.05) is 12.1 Å². The Balaban J connectivity index is 1.74. The van der Waals surface area contributed by atoms with Gasteiger partial charge >= 0.3 is 11.6 Å². The van der Waals surface area contributed by atoms with Crippen LogP contribution in [0.25, 0.3) is 5.69 Å². The van der Waals surface area contributed by atoms with E-state index in [1.54, 1.807) is 31.2 Å². The van der Waals surface area contributed by atoms with Crippen LogP contribution in [0.5, 0.6) is 0 Å². The van der Waals surface area contributed by atoms with Crippen molar-refractivity contribution in [3.63, 3.8) is 0 Å². The van der Waals surface area contributed by atoms with E-state index in [2.05, 4.69) is 10.4 Å². The number of nitriles is 1. The topological polar surface area (TPSA) is 127 Å². The Kier molecular flexibility index (Phi) is 5.55. The van der Waals surface area contributed by atoms with Crippen molar-refractivity contribution in [1.29, 1.82) is 5.26 Å². The van der Waals surface area contributed by atoms with Crippen LogP contribution in [0.2, 0.25) is 0 Å². The minimum Gasteiger partial charge on any atom is -0.452 e. The summed E-state index contributed by atoms with van der Waals surface area (Å²) in [6.07, 6.45) is 1.33. The molecule has 0 radical (unpaired) electrons. The van der Waals surface area contributed by atoms with Gasteiger partial charge < -0.3 is 14.5 Å². The first kappa shape index (κ1) is 19.6. The number of anilines is 1. The monoisotopic (exact) mass is 392 g/mol. The molecule has 9 nitrogen and oxygen atoms in total. The largest absolute Gasteiger partial charge is 0.452 e. The molecule has 0 saturated heterocycles. The van der Waals surface area contributed by atoms with E-state index in [-0.39, 0.29) is 22.7 Å². The number of hydrogen-bond donors (Lipinski definition) is 1. The van der Waals surface area contributed by atoms with Gasteiger partial charge in [0.1, 0.15) is 23.0 Å². The highest BCUT2D eigenvalue weighted by Crippen LogP contribution is 2.19. The van der Waals surface area contributed by atoms with Crippen LogP contribution >= 0.6 is 0 Å². The SMILES string of the molecule is Cc1cc(=O)oc(C)c1C(=O)OCC(=O)Nc1c(C#N)cnn1-c1ccccc1. The first-order valence-corrected chi connectivity index (χ1v) is 8.52. The fourth-order valence-corrected chi connectivity index (χ4v) is 2.75. The molecule has 0 spiro atoms. The number of esters is 1. The van der Waals surface area contributed by atoms with Gasteiger partial charge in [-0.25, -0.2) is 14.3 Å². The zero-order valence-corrected chi connectivity index (χ0v) is 15.6. The molecule has 3 aromatic rings. The number of hydrogen-bond acceptors (Lipinski definition) is 7. The van der Waals surface area contributed by atoms with Crippen molar-refractivity contribution >= 4 is 17.7 Å². The van der Waals surface area contributed by atoms with Crippen LogP contribution in [-0.4, -0.2) is 28.3 Å². The van der Waals surface area contributed by atoms with E-state index in [0.29, 0.717) is 11.3 Å². The zero-order chi connectivity index (χ0) is 21.0. The Labute approximate surface area is 165 Å². The maximum absolute atomic E-state index is 12.3. The van der Waals surface area contributed by atoms with Gasteiger partial charge in [-0.1, -0.05) is 18.2 Å². The standard InChI is InChI=1S/C20H16N4O5/c1-12-8-17(26)29-13(2)18(12)20(27)28-11-16(25)23-19-14(9-21)10-22-24(19)15-6-4-3-5-7-15/h3-8,10H,11H2,1-2H3,(H,23,25). The molecule has 2 aromatic heterocycles. The number of aromatic nitrogens is 2. The van der Waals surface area contributed by atoms with Gasteiger partial charge in [-0.3, -0.25) is 4.79 Å². The quantitative estimate of drug-likeness (QED) is 0.659. The minimum atomic E-state index is -0.795. The molecule has 0 aliphatic rings. The first-order valence-electron chi connectivity index (χ1n) is 8.52. The van der Waals surface area contributed by atoms with E-state index in [9.17, 15) is 19.6 Å². The smallest absolute Gasteiger partial charge is 0.342 e. The lowest BCUT2D eigenvalue weighted by atomic mass is 10.1. The summed E-state index contributed by atoms with van der Waals surface area (Å²) in [6, 6.07) is 12.1. The molecule has 29 heavy (non-hydrogen) atoms. The molecule has 1 amide bonds. The Bertz CT molecular complexity index is 1150. The average Bonchev–Trinajstić information content (AvgIpc) is 3.08. The fourth-order valence-electron chi connectivity index (χ4n) is 2.75. The average molecular weight is 392 g/mol. The summed E-state index contributed by atoms with van der Waals surface area (Å²) in [7, 11) is 0. The third-order valence-corrected chi connectivity index (χ3v) is 4.02. The van der Waals surface area contributed by atoms with Gasteiger partial charge in [-0.05, 0) is 31.5 Å². The number of benzene rings is 1. The van der Waals surface area contributed by atoms with Crippen molar-refractivity contribution in [2.45, 2.75) is 13.8 Å². The number of nitrogens with zero attached hydrogens (tertiary/aromatic N) is 3. The van der Waals surface area contributed by atoms with E-state index in [1.165, 1.54) is 23.9 Å². The molecule has 9 heteroatoms. The van der Waals surface area contributed by atoms with Crippen LogP contribution in [0.15, 0.2) is 51.8 Å². The molecule has 0 bridgehead atoms. The Morgan fingerprint density at radius 2 is 2.00 bits per heavy atom. The van der Waals surface area contributed by atoms with Crippen molar-refractivity contribution in [2.24, 2.45) is 0 Å². The van der Waals surface area contributed by atoms with Gasteiger partial charge in [0, 0.05) is 6.07 Å². The third-order valence-electron chi connectivity index (χ3n) is 4.02. The molecule has 0 unspecified atom stereocenters. The number of nitrogens with one attached hydrogen (secondary N) is 1. The van der Waals surface area contributed by atoms with Crippen LogP contribution in [0, 0.1) is 25.2 Å². The van der Waals surface area contributed by atoms with Crippen molar-refractivity contribution < 1.29 is 18.7 Å². The summed E-state index contributed by atoms with van der Waals surface area (Å²) in [5, 5.41) is 15.9. The maximum atomic E-state index is 12.3. The summed E-state index contributed by atoms with van der Waals surface area (Å²) in [5.74, 6) is -1.18. The number of carbonyl (C=O) groups is 2. The lowest BCUT2D eigenvalue weighted by Gasteiger charge is -2.11. The van der Waals surface area contributed by atoms with E-state index in [0.717, 1.165) is 0 Å². The normalized spacial score (nSPS) is 10.2. The van der Waals surface area contributed by atoms with Crippen LogP contribution in [0.1, 0.15) is 27.2 Å². The molecular weight excluding hydrogens is 376 g/mol. The summed E-state index contributed by atoms with van der Waals surface area (Å²) in [4.78, 5) is 35.9. The highest BCUT2D eigenvalue weighted by atomic mass is 16.5. The van der Waals surface area contributed by atoms with Gasteiger partial charge in [0.25, 0.3) is 5.91 Å². The van der Waals surface area contributed by atoms with Crippen molar-refractivity contribution in [2.75, 3.05) is 11.9 Å². The lowest BCUT2D eigenvalue weighted by Crippen LogP contribution is -2.23. The molecule has 0 atom stereocenters. The Morgan fingerprint density at radius 3 is 2.66 bits per heavy atom. The second-order valence-electron chi connectivity index (χ2n) is 6.07. The van der Waals surface area contributed by atoms with Crippen LogP contribution in [-0.2, 0) is 9.53 Å². The van der Waals surface area contributed by atoms with Gasteiger partial charge in [-0.2, -0.15) is 10.4 Å². The maximum Gasteiger partial charge on any atom is 0.342 e. The van der Waals surface area contributed by atoms with Crippen molar-refractivity contribution in [3.05, 3.63) is 75.5 Å². The number of aryl methyl sites for hydroxylation is 2. The molecule has 0 fully saturated rings. The number of ether oxygens (including phenoxy) is 1. The lowest BCUT2D eigenvalue weighted by molar-refractivity contribution is -0.119. The molecular formula is C20H16N4O5. The molecule has 0 saturated carbocycles. The summed E-state index contributed by atoms with van der Waals surface area (Å²) in [5.41, 5.74) is 0.701. The molecule has 0 aliphatic carbocycles. The van der Waals surface area contributed by atoms with Gasteiger partial charge in [-0.15, -0.1) is 0 Å². The molecule has 3 rings (SSSR count). The number of para-hydroxylation sites is 1. The number of amides is 1. The summed E-state index contributed by atoms with van der Waals surface area (Å²) in [6.45, 7) is 2.43. The molecule has 0 aliphatic heterocycles. The summed E-state index contributed by atoms with van der Waals surface area (Å²) >= 11 is 0. The predicted molar refractivity (Wildman–Crippen MR) is 102 cm³/mol. The second-order valence-corrected chi connectivity index (χ2v) is 6.07. The summed E-state index contributed by atoms with van der Waals surface area (Å²) < 4.78 is 11.3. The van der Waals surface area contributed by atoms with Gasteiger partial charge in [0.05, 0.1) is 11.9 Å². The van der Waals surface area contributed by atoms with Crippen molar-refractivity contribution in [3.8, 4) is 11.8 Å². The predicted octanol–water partition coefficient (Wildman–Crippen LogP) is 2.11. The van der Waals surface area contributed by atoms with Crippen LogP contribution < -0.4 is 10.9 Å². The van der Waals surface area contributed by atoms with Gasteiger partial charge in [0.15, 0.2) is 12.4 Å². The van der Waals surface area contributed by atoms with Crippen LogP contribution in [0.4, 0.5) is 5.82 Å². The molecule has 1 aromatic carbocycles. The third kappa shape index (κ3) is 4.22. The van der Waals surface area contributed by atoms with E-state index < -0.39 is 24.1 Å². The van der Waals surface area contributed by atoms with Gasteiger partial charge in [0.2, 0.25) is 0 Å². The molecule has 146 valence electrons. The van der Waals surface area contributed by atoms with E-state index in [4.69, 9.17) is 9.15 Å². The molecule has 2 heterocycles. The highest BCUT2D eigenvalue weighted by molar-refractivity contribution is 5.96. The highest BCUT2D eigenvalue weighted by Gasteiger charge is 2.20. The fraction of sp³-hybridized carbons (Fsp3) is 0.150. The number of rotatable bonds is 5. The van der Waals surface area contributed by atoms with E-state index >= 15 is 0 Å². The Morgan fingerprint density at radius 1 is 1.28 bits per heavy atom. The van der Waals surface area contributed by atoms with Crippen molar-refractivity contribution in [1.82, 2.24) is 9.78 Å². The minimum absolute atomic E-state index is 0.0874. The van der Waals surface area contributed by atoms with Crippen LogP contribution in [0.3, 0.4) is 0 Å². The molecule has 1 N–H and O–H groups in total. The second kappa shape index (κ2) is 8.22. The first-order chi connectivity index (χ1) is 13.9.